The van der Waals surface area contributed by atoms with Gasteiger partial charge in [-0.3, -0.25) is 9.59 Å². The third-order valence-corrected chi connectivity index (χ3v) is 2.24. The van der Waals surface area contributed by atoms with E-state index in [9.17, 15) is 9.59 Å². The summed E-state index contributed by atoms with van der Waals surface area (Å²) in [5.41, 5.74) is -0.552. The van der Waals surface area contributed by atoms with Crippen molar-refractivity contribution in [2.45, 2.75) is 33.1 Å². The lowest BCUT2D eigenvalue weighted by Gasteiger charge is -2.25. The summed E-state index contributed by atoms with van der Waals surface area (Å²) < 4.78 is 0. The molecule has 0 saturated heterocycles. The highest BCUT2D eigenvalue weighted by Gasteiger charge is 2.26. The molecule has 0 fully saturated rings. The monoisotopic (exact) mass is 226 g/mol. The van der Waals surface area contributed by atoms with Gasteiger partial charge in [-0.25, -0.2) is 0 Å². The van der Waals surface area contributed by atoms with Gasteiger partial charge in [0.2, 0.25) is 5.91 Å². The van der Waals surface area contributed by atoms with Gasteiger partial charge in [0, 0.05) is 20.0 Å². The minimum absolute atomic E-state index is 0.0369. The van der Waals surface area contributed by atoms with Crippen LogP contribution in [0, 0.1) is 16.7 Å². The fourth-order valence-corrected chi connectivity index (χ4v) is 1.36. The van der Waals surface area contributed by atoms with Crippen LogP contribution in [0.1, 0.15) is 33.1 Å². The van der Waals surface area contributed by atoms with Crippen molar-refractivity contribution in [3.63, 3.8) is 0 Å². The number of hydrogen-bond donors (Lipinski definition) is 1. The van der Waals surface area contributed by atoms with E-state index in [2.05, 4.69) is 0 Å². The second-order valence-electron chi connectivity index (χ2n) is 4.63. The largest absolute Gasteiger partial charge is 0.481 e. The molecular weight excluding hydrogens is 208 g/mol. The summed E-state index contributed by atoms with van der Waals surface area (Å²) in [5.74, 6) is -1.03. The van der Waals surface area contributed by atoms with Crippen LogP contribution >= 0.6 is 0 Å². The maximum Gasteiger partial charge on any atom is 0.303 e. The number of nitrogens with zero attached hydrogens (tertiary/aromatic N) is 2. The first-order chi connectivity index (χ1) is 7.28. The van der Waals surface area contributed by atoms with Gasteiger partial charge in [0.25, 0.3) is 0 Å². The van der Waals surface area contributed by atoms with E-state index in [1.807, 2.05) is 6.07 Å². The number of carbonyl (C=O) groups excluding carboxylic acids is 1. The summed E-state index contributed by atoms with van der Waals surface area (Å²) >= 11 is 0. The van der Waals surface area contributed by atoms with Crippen molar-refractivity contribution in [1.29, 1.82) is 5.26 Å². The molecule has 16 heavy (non-hydrogen) atoms. The zero-order valence-corrected chi connectivity index (χ0v) is 9.99. The van der Waals surface area contributed by atoms with Crippen molar-refractivity contribution in [2.24, 2.45) is 5.41 Å². The van der Waals surface area contributed by atoms with Crippen molar-refractivity contribution in [1.82, 2.24) is 4.90 Å². The summed E-state index contributed by atoms with van der Waals surface area (Å²) in [5, 5.41) is 17.1. The first kappa shape index (κ1) is 14.4. The molecule has 0 rings (SSSR count). The molecule has 0 saturated carbocycles. The highest BCUT2D eigenvalue weighted by molar-refractivity contribution is 5.77. The maximum atomic E-state index is 11.7. The number of carbonyl (C=O) groups is 2. The number of carboxylic acids is 1. The standard InChI is InChI=1S/C11H18N2O3/c1-11(2,8-10(15)16)7-9(14)13(3)6-4-5-12/h4,6-8H2,1-3H3,(H,15,16). The second-order valence-corrected chi connectivity index (χ2v) is 4.63. The van der Waals surface area contributed by atoms with Gasteiger partial charge in [0.15, 0.2) is 0 Å². The molecule has 1 N–H and O–H groups in total. The van der Waals surface area contributed by atoms with Crippen molar-refractivity contribution in [2.75, 3.05) is 13.6 Å². The molecule has 0 heterocycles. The molecule has 0 spiro atoms. The highest BCUT2D eigenvalue weighted by atomic mass is 16.4. The zero-order valence-electron chi connectivity index (χ0n) is 9.99. The third-order valence-electron chi connectivity index (χ3n) is 2.24. The summed E-state index contributed by atoms with van der Waals surface area (Å²) in [6, 6.07) is 1.96. The van der Waals surface area contributed by atoms with Crippen molar-refractivity contribution in [3.8, 4) is 6.07 Å². The molecule has 0 aromatic rings. The van der Waals surface area contributed by atoms with Crippen LogP contribution in [-0.2, 0) is 9.59 Å². The second kappa shape index (κ2) is 6.11. The molecule has 90 valence electrons. The molecule has 0 aliphatic carbocycles. The summed E-state index contributed by atoms with van der Waals surface area (Å²) in [4.78, 5) is 23.7. The van der Waals surface area contributed by atoms with Crippen molar-refractivity contribution < 1.29 is 14.7 Å². The van der Waals surface area contributed by atoms with Gasteiger partial charge < -0.3 is 10.0 Å². The maximum absolute atomic E-state index is 11.7. The van der Waals surface area contributed by atoms with E-state index < -0.39 is 11.4 Å². The number of aliphatic carboxylic acids is 1. The Balaban J connectivity index is 4.22. The lowest BCUT2D eigenvalue weighted by molar-refractivity contribution is -0.140. The molecular formula is C11H18N2O3. The third kappa shape index (κ3) is 6.02. The topological polar surface area (TPSA) is 81.4 Å². The molecule has 0 aromatic carbocycles. The van der Waals surface area contributed by atoms with Gasteiger partial charge in [-0.15, -0.1) is 0 Å². The van der Waals surface area contributed by atoms with Gasteiger partial charge in [-0.05, 0) is 5.41 Å². The van der Waals surface area contributed by atoms with Crippen LogP contribution in [0.2, 0.25) is 0 Å². The Bertz CT molecular complexity index is 305. The van der Waals surface area contributed by atoms with Gasteiger partial charge >= 0.3 is 5.97 Å². The number of rotatable bonds is 6. The summed E-state index contributed by atoms with van der Waals surface area (Å²) in [6.07, 6.45) is 0.438. The highest BCUT2D eigenvalue weighted by Crippen LogP contribution is 2.25. The minimum atomic E-state index is -0.905. The Labute approximate surface area is 95.7 Å². The van der Waals surface area contributed by atoms with Crippen LogP contribution in [0.5, 0.6) is 0 Å². The van der Waals surface area contributed by atoms with Crippen LogP contribution in [0.3, 0.4) is 0 Å². The Hall–Kier alpha value is -1.57. The molecule has 5 nitrogen and oxygen atoms in total. The molecule has 0 bridgehead atoms. The average molecular weight is 226 g/mol. The molecule has 0 aliphatic heterocycles. The first-order valence-corrected chi connectivity index (χ1v) is 5.11. The molecule has 1 amide bonds. The summed E-state index contributed by atoms with van der Waals surface area (Å²) in [7, 11) is 1.62. The summed E-state index contributed by atoms with van der Waals surface area (Å²) in [6.45, 7) is 3.88. The Morgan fingerprint density at radius 3 is 2.38 bits per heavy atom. The number of hydrogen-bond acceptors (Lipinski definition) is 3. The first-order valence-electron chi connectivity index (χ1n) is 5.11. The van der Waals surface area contributed by atoms with E-state index in [1.165, 1.54) is 4.90 Å². The normalized spacial score (nSPS) is 10.6. The van der Waals surface area contributed by atoms with E-state index in [0.717, 1.165) is 0 Å². The molecule has 0 aliphatic rings. The minimum Gasteiger partial charge on any atom is -0.481 e. The molecule has 0 aromatic heterocycles. The van der Waals surface area contributed by atoms with Crippen molar-refractivity contribution >= 4 is 11.9 Å². The smallest absolute Gasteiger partial charge is 0.303 e. The van der Waals surface area contributed by atoms with Gasteiger partial charge in [-0.2, -0.15) is 5.26 Å². The van der Waals surface area contributed by atoms with Gasteiger partial charge in [-0.1, -0.05) is 13.8 Å². The fourth-order valence-electron chi connectivity index (χ4n) is 1.36. The Kier molecular flexibility index (Phi) is 5.51. The lowest BCUT2D eigenvalue weighted by Crippen LogP contribution is -2.32. The molecule has 0 radical (unpaired) electrons. The molecule has 0 unspecified atom stereocenters. The van der Waals surface area contributed by atoms with E-state index >= 15 is 0 Å². The van der Waals surface area contributed by atoms with Crippen LogP contribution < -0.4 is 0 Å². The number of nitriles is 1. The SMILES string of the molecule is CN(CCC#N)C(=O)CC(C)(C)CC(=O)O. The van der Waals surface area contributed by atoms with Crippen LogP contribution in [0.4, 0.5) is 0 Å². The van der Waals surface area contributed by atoms with E-state index in [-0.39, 0.29) is 18.7 Å². The van der Waals surface area contributed by atoms with Gasteiger partial charge in [0.05, 0.1) is 18.9 Å². The number of amides is 1. The average Bonchev–Trinajstić information content (AvgIpc) is 2.10. The van der Waals surface area contributed by atoms with E-state index in [0.29, 0.717) is 13.0 Å². The Morgan fingerprint density at radius 2 is 1.94 bits per heavy atom. The van der Waals surface area contributed by atoms with Crippen LogP contribution in [0.15, 0.2) is 0 Å². The van der Waals surface area contributed by atoms with E-state index in [1.54, 1.807) is 20.9 Å². The molecule has 0 atom stereocenters. The fraction of sp³-hybridized carbons (Fsp3) is 0.727. The quantitative estimate of drug-likeness (QED) is 0.739. The van der Waals surface area contributed by atoms with Gasteiger partial charge in [0.1, 0.15) is 0 Å². The van der Waals surface area contributed by atoms with Crippen LogP contribution in [0.25, 0.3) is 0 Å². The molecule has 5 heteroatoms. The Morgan fingerprint density at radius 1 is 1.38 bits per heavy atom. The van der Waals surface area contributed by atoms with Crippen LogP contribution in [-0.4, -0.2) is 35.5 Å². The van der Waals surface area contributed by atoms with E-state index in [4.69, 9.17) is 10.4 Å². The zero-order chi connectivity index (χ0) is 12.8. The lowest BCUT2D eigenvalue weighted by atomic mass is 9.85. The number of carboxylic acid groups (broad SMARTS) is 1. The predicted molar refractivity (Wildman–Crippen MR) is 58.5 cm³/mol. The predicted octanol–water partition coefficient (Wildman–Crippen LogP) is 1.25. The van der Waals surface area contributed by atoms with Crippen molar-refractivity contribution in [3.05, 3.63) is 0 Å².